The van der Waals surface area contributed by atoms with Crippen LogP contribution in [-0.4, -0.2) is 53.6 Å². The van der Waals surface area contributed by atoms with Crippen molar-refractivity contribution in [1.29, 1.82) is 0 Å². The molecule has 1 aromatic rings. The van der Waals surface area contributed by atoms with E-state index in [0.29, 0.717) is 30.8 Å². The number of ether oxygens (including phenoxy) is 2. The lowest BCUT2D eigenvalue weighted by Crippen LogP contribution is -2.70. The van der Waals surface area contributed by atoms with Crippen LogP contribution in [0, 0.1) is 5.41 Å². The lowest BCUT2D eigenvalue weighted by Gasteiger charge is -2.47. The molecule has 1 aromatic carbocycles. The van der Waals surface area contributed by atoms with Gasteiger partial charge in [0.05, 0.1) is 11.1 Å². The number of nitrogens with zero attached hydrogens (tertiary/aromatic N) is 1. The predicted octanol–water partition coefficient (Wildman–Crippen LogP) is 3.13. The number of rotatable bonds is 5. The lowest BCUT2D eigenvalue weighted by molar-refractivity contribution is -0.184. The summed E-state index contributed by atoms with van der Waals surface area (Å²) in [7, 11) is 1.45. The molecule has 2 N–H and O–H groups in total. The van der Waals surface area contributed by atoms with Crippen LogP contribution in [0.1, 0.15) is 58.1 Å². The van der Waals surface area contributed by atoms with Gasteiger partial charge in [-0.3, -0.25) is 14.4 Å². The smallest absolute Gasteiger partial charge is 0.274 e. The Kier molecular flexibility index (Phi) is 5.01. The van der Waals surface area contributed by atoms with Crippen LogP contribution >= 0.6 is 0 Å². The second-order valence-corrected chi connectivity index (χ2v) is 11.0. The normalized spacial score (nSPS) is 30.7. The zero-order valence-corrected chi connectivity index (χ0v) is 21.0. The molecule has 35 heavy (non-hydrogen) atoms. The van der Waals surface area contributed by atoms with Crippen molar-refractivity contribution in [2.45, 2.75) is 69.7 Å². The number of allylic oxidation sites excluding steroid dienone is 1. The molecule has 4 aliphatic rings. The van der Waals surface area contributed by atoms with Gasteiger partial charge in [-0.25, -0.2) is 0 Å². The maximum Gasteiger partial charge on any atom is 0.274 e. The van der Waals surface area contributed by atoms with E-state index in [4.69, 9.17) is 9.47 Å². The van der Waals surface area contributed by atoms with Crippen molar-refractivity contribution in [1.82, 2.24) is 10.2 Å². The van der Waals surface area contributed by atoms with Crippen molar-refractivity contribution in [2.24, 2.45) is 5.41 Å². The molecule has 0 unspecified atom stereocenters. The molecule has 0 aromatic heterocycles. The van der Waals surface area contributed by atoms with Gasteiger partial charge in [0.2, 0.25) is 17.5 Å². The van der Waals surface area contributed by atoms with Crippen LogP contribution in [-0.2, 0) is 24.5 Å². The number of carbonyl (C=O) groups is 3. The Balaban J connectivity index is 1.61. The number of methoxy groups -OCH3 is 1. The molecular weight excluding hydrogens is 446 g/mol. The van der Waals surface area contributed by atoms with Crippen molar-refractivity contribution in [2.75, 3.05) is 19.0 Å². The van der Waals surface area contributed by atoms with Gasteiger partial charge in [0.15, 0.2) is 0 Å². The third-order valence-corrected chi connectivity index (χ3v) is 8.33. The third-order valence-electron chi connectivity index (χ3n) is 8.33. The van der Waals surface area contributed by atoms with Crippen LogP contribution in [0.15, 0.2) is 30.9 Å². The number of benzene rings is 1. The van der Waals surface area contributed by atoms with E-state index in [1.54, 1.807) is 6.08 Å². The molecule has 186 valence electrons. The molecule has 8 nitrogen and oxygen atoms in total. The number of nitrogens with one attached hydrogen (secondary N) is 2. The fourth-order valence-corrected chi connectivity index (χ4v) is 6.16. The molecule has 0 saturated carbocycles. The highest BCUT2D eigenvalue weighted by atomic mass is 16.5. The molecule has 0 bridgehead atoms. The Morgan fingerprint density at radius 1 is 1.26 bits per heavy atom. The van der Waals surface area contributed by atoms with Crippen LogP contribution in [0.2, 0.25) is 0 Å². The Morgan fingerprint density at radius 2 is 2.00 bits per heavy atom. The zero-order valence-electron chi connectivity index (χ0n) is 21.0. The SMILES string of the molecule is C=CC(C)(C)[C@]1(C[C@@H]2NC(=O)[C@]3(OC)CCCN3C2=O)C(=O)Nc2c1ccc1c2C=CC(C)(C)O1. The van der Waals surface area contributed by atoms with Crippen LogP contribution in [0.25, 0.3) is 6.08 Å². The topological polar surface area (TPSA) is 97.0 Å². The van der Waals surface area contributed by atoms with E-state index in [1.807, 2.05) is 52.0 Å². The summed E-state index contributed by atoms with van der Waals surface area (Å²) >= 11 is 0. The van der Waals surface area contributed by atoms with E-state index in [2.05, 4.69) is 17.2 Å². The number of anilines is 1. The van der Waals surface area contributed by atoms with Gasteiger partial charge in [0, 0.05) is 31.1 Å². The van der Waals surface area contributed by atoms with E-state index in [0.717, 1.165) is 11.1 Å². The van der Waals surface area contributed by atoms with Gasteiger partial charge in [-0.05, 0) is 50.5 Å². The highest BCUT2D eigenvalue weighted by Gasteiger charge is 2.61. The second kappa shape index (κ2) is 7.43. The number of carbonyl (C=O) groups excluding carboxylic acids is 3. The molecule has 2 fully saturated rings. The van der Waals surface area contributed by atoms with E-state index in [9.17, 15) is 14.4 Å². The number of hydrogen-bond acceptors (Lipinski definition) is 5. The predicted molar refractivity (Wildman–Crippen MR) is 132 cm³/mol. The summed E-state index contributed by atoms with van der Waals surface area (Å²) in [6.07, 6.45) is 6.92. The molecule has 0 aliphatic carbocycles. The average molecular weight is 480 g/mol. The molecule has 4 heterocycles. The first-order valence-electron chi connectivity index (χ1n) is 12.1. The van der Waals surface area contributed by atoms with Gasteiger partial charge in [-0.15, -0.1) is 6.58 Å². The van der Waals surface area contributed by atoms with Crippen LogP contribution in [0.3, 0.4) is 0 Å². The Hall–Kier alpha value is -3.13. The van der Waals surface area contributed by atoms with Crippen LogP contribution in [0.4, 0.5) is 5.69 Å². The van der Waals surface area contributed by atoms with E-state index < -0.39 is 28.2 Å². The van der Waals surface area contributed by atoms with Crippen molar-refractivity contribution in [3.63, 3.8) is 0 Å². The fourth-order valence-electron chi connectivity index (χ4n) is 6.16. The first kappa shape index (κ1) is 23.6. The monoisotopic (exact) mass is 479 g/mol. The van der Waals surface area contributed by atoms with Gasteiger partial charge in [0.25, 0.3) is 5.91 Å². The lowest BCUT2D eigenvalue weighted by atomic mass is 9.59. The van der Waals surface area contributed by atoms with Crippen molar-refractivity contribution in [3.8, 4) is 5.75 Å². The summed E-state index contributed by atoms with van der Waals surface area (Å²) in [6.45, 7) is 12.3. The summed E-state index contributed by atoms with van der Waals surface area (Å²) in [5.41, 5.74) is -1.35. The summed E-state index contributed by atoms with van der Waals surface area (Å²) in [5, 5.41) is 5.98. The molecular formula is C27H33N3O5. The first-order valence-corrected chi connectivity index (χ1v) is 12.1. The van der Waals surface area contributed by atoms with Gasteiger partial charge >= 0.3 is 0 Å². The Bertz CT molecular complexity index is 1190. The molecule has 0 radical (unpaired) electrons. The largest absolute Gasteiger partial charge is 0.483 e. The minimum absolute atomic E-state index is 0.0978. The summed E-state index contributed by atoms with van der Waals surface area (Å²) < 4.78 is 11.7. The molecule has 3 amide bonds. The van der Waals surface area contributed by atoms with E-state index >= 15 is 0 Å². The quantitative estimate of drug-likeness (QED) is 0.633. The Morgan fingerprint density at radius 3 is 2.69 bits per heavy atom. The van der Waals surface area contributed by atoms with Crippen molar-refractivity contribution >= 4 is 29.5 Å². The zero-order chi connectivity index (χ0) is 25.4. The molecule has 0 spiro atoms. The molecule has 2 saturated heterocycles. The minimum atomic E-state index is -1.27. The van der Waals surface area contributed by atoms with Gasteiger partial charge in [-0.1, -0.05) is 26.0 Å². The number of fused-ring (bicyclic) bond motifs is 4. The van der Waals surface area contributed by atoms with Crippen LogP contribution in [0.5, 0.6) is 5.75 Å². The summed E-state index contributed by atoms with van der Waals surface area (Å²) in [4.78, 5) is 42.2. The average Bonchev–Trinajstić information content (AvgIpc) is 3.37. The van der Waals surface area contributed by atoms with Gasteiger partial charge in [-0.2, -0.15) is 0 Å². The van der Waals surface area contributed by atoms with Crippen LogP contribution < -0.4 is 15.4 Å². The standard InChI is InChI=1S/C27H33N3O5/c1-7-24(2,3)26(15-18-21(31)30-14-8-12-27(30,34-6)23(33)28-18)17-9-10-19-16(20(17)29-22(26)32)11-13-25(4,5)35-19/h7,9-11,13,18H,1,8,12,14-15H2,2-6H3,(H,28,33)(H,29,32)/t18-,26-,27+/m0/s1. The van der Waals surface area contributed by atoms with E-state index in [-0.39, 0.29) is 24.1 Å². The summed E-state index contributed by atoms with van der Waals surface area (Å²) in [5.74, 6) is -0.104. The number of hydrogen-bond donors (Lipinski definition) is 2. The highest BCUT2D eigenvalue weighted by molar-refractivity contribution is 6.10. The van der Waals surface area contributed by atoms with Crippen molar-refractivity contribution < 1.29 is 23.9 Å². The first-order chi connectivity index (χ1) is 16.4. The minimum Gasteiger partial charge on any atom is -0.483 e. The molecule has 4 aliphatic heterocycles. The molecule has 8 heteroatoms. The summed E-state index contributed by atoms with van der Waals surface area (Å²) in [6, 6.07) is 2.91. The maximum absolute atomic E-state index is 13.9. The molecule has 5 rings (SSSR count). The number of piperazine rings is 1. The highest BCUT2D eigenvalue weighted by Crippen LogP contribution is 2.56. The number of amides is 3. The van der Waals surface area contributed by atoms with Gasteiger partial charge in [0.1, 0.15) is 17.4 Å². The molecule has 3 atom stereocenters. The van der Waals surface area contributed by atoms with E-state index in [1.165, 1.54) is 12.0 Å². The van der Waals surface area contributed by atoms with Crippen molar-refractivity contribution in [3.05, 3.63) is 42.0 Å². The second-order valence-electron chi connectivity index (χ2n) is 11.0. The van der Waals surface area contributed by atoms with Gasteiger partial charge < -0.3 is 25.0 Å². The third kappa shape index (κ3) is 3.05. The fraction of sp³-hybridized carbons (Fsp3) is 0.519. The maximum atomic E-state index is 13.9. The Labute approximate surface area is 205 Å².